The number of carboxylic acid groups (broad SMARTS) is 1. The van der Waals surface area contributed by atoms with Crippen LogP contribution >= 0.6 is 23.5 Å². The molecule has 0 unspecified atom stereocenters. The number of unbranched alkanes of at least 4 members (excludes halogenated alkanes) is 1. The molecule has 17 N–H and O–H groups in total. The van der Waals surface area contributed by atoms with Crippen molar-refractivity contribution >= 4 is 110 Å². The molecule has 2 bridgehead atoms. The molecule has 101 heavy (non-hydrogen) atoms. The van der Waals surface area contributed by atoms with Crippen LogP contribution in [0.5, 0.6) is 5.75 Å². The van der Waals surface area contributed by atoms with E-state index < -0.39 is 144 Å². The van der Waals surface area contributed by atoms with Crippen LogP contribution in [0.1, 0.15) is 84.9 Å². The molecule has 2 aliphatic rings. The molecule has 32 heteroatoms. The van der Waals surface area contributed by atoms with Crippen LogP contribution in [-0.4, -0.2) is 180 Å². The second kappa shape index (κ2) is 36.1. The summed E-state index contributed by atoms with van der Waals surface area (Å²) in [5.41, 5.74) is 15.9. The lowest BCUT2D eigenvalue weighted by Crippen LogP contribution is -2.61. The van der Waals surface area contributed by atoms with Gasteiger partial charge in [0.25, 0.3) is 0 Å². The number of aromatic amines is 3. The molecular formula is C69H81F2N15O13S2. The zero-order chi connectivity index (χ0) is 72.1. The Labute approximate surface area is 587 Å². The van der Waals surface area contributed by atoms with Gasteiger partial charge in [0.1, 0.15) is 65.7 Å². The van der Waals surface area contributed by atoms with Crippen LogP contribution in [0.15, 0.2) is 110 Å². The van der Waals surface area contributed by atoms with Crippen LogP contribution in [0.2, 0.25) is 0 Å². The number of nitrogens with one attached hydrogen (secondary N) is 11. The number of carbonyl (C=O) groups is 11. The molecule has 1 fully saturated rings. The molecule has 9 rings (SSSR count). The van der Waals surface area contributed by atoms with Crippen LogP contribution in [0, 0.1) is 11.6 Å². The molecule has 536 valence electrons. The van der Waals surface area contributed by atoms with E-state index in [0.717, 1.165) is 11.1 Å². The number of carboxylic acids is 1. The summed E-state index contributed by atoms with van der Waals surface area (Å²) in [7, 11) is 0. The van der Waals surface area contributed by atoms with Crippen molar-refractivity contribution in [3.63, 3.8) is 0 Å². The number of rotatable bonds is 16. The van der Waals surface area contributed by atoms with Crippen molar-refractivity contribution in [2.24, 2.45) is 11.5 Å². The molecule has 4 aromatic carbocycles. The van der Waals surface area contributed by atoms with Crippen molar-refractivity contribution in [3.05, 3.63) is 155 Å². The number of phenols is 1. The Hall–Kier alpha value is -10.3. The number of halogens is 2. The van der Waals surface area contributed by atoms with Crippen LogP contribution in [-0.2, 0) is 89.9 Å². The van der Waals surface area contributed by atoms with E-state index in [0.29, 0.717) is 70.6 Å². The number of nitrogens with two attached hydrogens (primary N) is 2. The number of aliphatic carboxylic acids is 1. The minimum atomic E-state index is -2.03. The average molecular weight is 1430 g/mol. The average Bonchev–Trinajstić information content (AvgIpc) is 1.75. The summed E-state index contributed by atoms with van der Waals surface area (Å²) in [6.07, 6.45) is 4.86. The maximum Gasteiger partial charge on any atom is 0.305 e. The monoisotopic (exact) mass is 1430 g/mol. The second-order valence-corrected chi connectivity index (χ2v) is 26.9. The number of thioether (sulfide) groups is 2. The maximum atomic E-state index is 15.0. The van der Waals surface area contributed by atoms with E-state index in [1.165, 1.54) is 108 Å². The molecule has 0 aliphatic carbocycles. The molecule has 5 heterocycles. The molecule has 10 amide bonds. The lowest BCUT2D eigenvalue weighted by atomic mass is 10.0. The van der Waals surface area contributed by atoms with Gasteiger partial charge in [0.2, 0.25) is 59.1 Å². The van der Waals surface area contributed by atoms with Crippen molar-refractivity contribution in [2.75, 3.05) is 31.1 Å². The van der Waals surface area contributed by atoms with Gasteiger partial charge >= 0.3 is 5.97 Å². The number of carbonyl (C=O) groups excluding carboxylic acids is 10. The molecule has 2 aliphatic heterocycles. The van der Waals surface area contributed by atoms with Crippen molar-refractivity contribution < 1.29 is 71.7 Å². The number of hydrogen-bond acceptors (Lipinski definition) is 16. The fourth-order valence-corrected chi connectivity index (χ4v) is 13.9. The summed E-state index contributed by atoms with van der Waals surface area (Å²) in [4.78, 5) is 170. The summed E-state index contributed by atoms with van der Waals surface area (Å²) < 4.78 is 29.6. The minimum absolute atomic E-state index is 0.000428. The fourth-order valence-electron chi connectivity index (χ4n) is 12.0. The number of amides is 10. The number of H-pyrrole nitrogens is 3. The zero-order valence-corrected chi connectivity index (χ0v) is 56.6. The van der Waals surface area contributed by atoms with Gasteiger partial charge in [-0.15, -0.1) is 0 Å². The predicted molar refractivity (Wildman–Crippen MR) is 372 cm³/mol. The number of aryl methyl sites for hydroxylation is 1. The number of primary amides is 1. The molecular weight excluding hydrogens is 1350 g/mol. The Morgan fingerprint density at radius 1 is 0.624 bits per heavy atom. The first-order valence-electron chi connectivity index (χ1n) is 33.0. The SMILES string of the molecule is NCCCC[C@H]1NC(=O)CCSCc2cccc(c2)CSC[C@@H](C(N)=O)NC(=O)[C@@H]2CCCN2C(=O)[C@H](Cc2ccc(O)cc2)NC(=O)[C@H](Cc2cnc[nH]2)NC(=O)[C@H](CC(=O)O)NC(=O)[C@H](Cc2c[nH]c3ccc(F)cc23)NC(=O)[C@H](CCc2c[nH]c3ccc(F)cc23)NC(=O)CNC1=O. The van der Waals surface area contributed by atoms with Crippen molar-refractivity contribution in [1.29, 1.82) is 0 Å². The highest BCUT2D eigenvalue weighted by atomic mass is 32.2. The highest BCUT2D eigenvalue weighted by molar-refractivity contribution is 7.98. The topological polar surface area (TPSA) is 440 Å². The Kier molecular flexibility index (Phi) is 26.8. The molecule has 3 aromatic heterocycles. The third-order valence-electron chi connectivity index (χ3n) is 17.3. The van der Waals surface area contributed by atoms with Crippen molar-refractivity contribution in [3.8, 4) is 5.75 Å². The fraction of sp³-hybridized carbons (Fsp3) is 0.391. The normalized spacial score (nSPS) is 22.0. The molecule has 1 saturated heterocycles. The van der Waals surface area contributed by atoms with E-state index >= 15 is 9.59 Å². The van der Waals surface area contributed by atoms with E-state index in [2.05, 4.69) is 62.5 Å². The summed E-state index contributed by atoms with van der Waals surface area (Å²) in [6.45, 7) is -0.379. The summed E-state index contributed by atoms with van der Waals surface area (Å²) in [6, 6.07) is 9.24. The van der Waals surface area contributed by atoms with Crippen LogP contribution in [0.4, 0.5) is 8.78 Å². The number of aromatic hydroxyl groups is 1. The van der Waals surface area contributed by atoms with Gasteiger partial charge in [-0.05, 0) is 128 Å². The third-order valence-corrected chi connectivity index (χ3v) is 19.4. The van der Waals surface area contributed by atoms with E-state index in [9.17, 15) is 62.1 Å². The number of imidazole rings is 1. The van der Waals surface area contributed by atoms with Gasteiger partial charge in [0, 0.05) is 101 Å². The quantitative estimate of drug-likeness (QED) is 0.0617. The standard InChI is InChI=1S/C69H81F2N15O13S2/c70-43-12-17-49-47(26-43)41(30-75-49)11-16-52-64(94)81-53(25-42-31-76-50-18-13-44(71)27-48(42)50)65(95)83-55(29-61(90)91)67(97)82-54(28-45-32-74-37-78-45)66(96)84-56(24-38-9-14-46(87)15-10-38)69(99)86-21-4-8-58(86)68(98)85-57(62(73)92)36-101-35-40-6-3-5-39(23-40)34-100-22-19-59(88)79-51(7-1-2-20-72)63(93)77-33-60(89)80-52/h3,5-6,9-10,12-15,17-18,23,26-27,30-32,37,51-58,75-76,87H,1-2,4,7-8,11,16,19-22,24-25,28-29,33-36,72H2,(H2,73,92)(H,74,78)(H,77,93)(H,79,88)(H,80,89)(H,81,94)(H,82,97)(H,83,95)(H,84,96)(H,85,98)(H,90,91)/t51-,52+,53+,54+,55+,56+,57+,58+/m1/s1. The Bertz CT molecular complexity index is 4120. The number of nitrogens with zero attached hydrogens (tertiary/aromatic N) is 2. The second-order valence-electron chi connectivity index (χ2n) is 24.8. The molecule has 7 aromatic rings. The third kappa shape index (κ3) is 21.6. The van der Waals surface area contributed by atoms with Gasteiger partial charge < -0.3 is 84.1 Å². The zero-order valence-electron chi connectivity index (χ0n) is 55.0. The maximum absolute atomic E-state index is 15.0. The first-order chi connectivity index (χ1) is 48.6. The van der Waals surface area contributed by atoms with Crippen LogP contribution in [0.3, 0.4) is 0 Å². The number of phenolic OH excluding ortho intramolecular Hbond substituents is 1. The molecule has 28 nitrogen and oxygen atoms in total. The summed E-state index contributed by atoms with van der Waals surface area (Å²) >= 11 is 2.79. The van der Waals surface area contributed by atoms with Gasteiger partial charge in [0.05, 0.1) is 19.3 Å². The van der Waals surface area contributed by atoms with Gasteiger partial charge in [-0.25, -0.2) is 13.8 Å². The largest absolute Gasteiger partial charge is 0.508 e. The molecule has 0 saturated carbocycles. The van der Waals surface area contributed by atoms with E-state index in [-0.39, 0.29) is 79.6 Å². The summed E-state index contributed by atoms with van der Waals surface area (Å²) in [5.74, 6) is -10.4. The minimum Gasteiger partial charge on any atom is -0.508 e. The number of hydrogen-bond donors (Lipinski definition) is 15. The number of benzene rings is 4. The predicted octanol–water partition coefficient (Wildman–Crippen LogP) is 2.18. The van der Waals surface area contributed by atoms with Gasteiger partial charge in [-0.3, -0.25) is 52.7 Å². The van der Waals surface area contributed by atoms with Crippen LogP contribution < -0.4 is 54.0 Å². The Morgan fingerprint density at radius 3 is 1.90 bits per heavy atom. The van der Waals surface area contributed by atoms with Gasteiger partial charge in [-0.2, -0.15) is 23.5 Å². The number of aromatic nitrogens is 4. The van der Waals surface area contributed by atoms with Crippen LogP contribution in [0.25, 0.3) is 21.8 Å². The first-order valence-corrected chi connectivity index (χ1v) is 35.3. The molecule has 0 spiro atoms. The smallest absolute Gasteiger partial charge is 0.305 e. The van der Waals surface area contributed by atoms with Crippen molar-refractivity contribution in [2.45, 2.75) is 137 Å². The van der Waals surface area contributed by atoms with Gasteiger partial charge in [-0.1, -0.05) is 36.4 Å². The number of fused-ring (bicyclic) bond motifs is 5. The Balaban J connectivity index is 1.04. The highest BCUT2D eigenvalue weighted by Crippen LogP contribution is 2.26. The molecule has 8 atom stereocenters. The van der Waals surface area contributed by atoms with E-state index in [1.807, 2.05) is 24.3 Å². The highest BCUT2D eigenvalue weighted by Gasteiger charge is 2.41. The Morgan fingerprint density at radius 2 is 1.24 bits per heavy atom. The van der Waals surface area contributed by atoms with E-state index in [4.69, 9.17) is 11.5 Å². The summed E-state index contributed by atoms with van der Waals surface area (Å²) in [5, 5.41) is 42.2. The lowest BCUT2D eigenvalue weighted by molar-refractivity contribution is -0.143. The van der Waals surface area contributed by atoms with Crippen molar-refractivity contribution in [1.82, 2.24) is 67.4 Å². The first kappa shape index (κ1) is 74.9. The van der Waals surface area contributed by atoms with E-state index in [1.54, 1.807) is 6.20 Å². The molecule has 0 radical (unpaired) electrons. The van der Waals surface area contributed by atoms with Gasteiger partial charge in [0.15, 0.2) is 0 Å². The lowest BCUT2D eigenvalue weighted by Gasteiger charge is -2.31.